The van der Waals surface area contributed by atoms with Crippen LogP contribution in [0.1, 0.15) is 36.2 Å². The molecule has 1 aliphatic heterocycles. The number of nitrogens with one attached hydrogen (secondary N) is 1. The van der Waals surface area contributed by atoms with E-state index in [0.717, 1.165) is 68.9 Å². The Bertz CT molecular complexity index is 1540. The largest absolute Gasteiger partial charge is 0.360 e. The van der Waals surface area contributed by atoms with E-state index in [2.05, 4.69) is 93.5 Å². The number of H-pyrrole nitrogens is 1. The van der Waals surface area contributed by atoms with Crippen molar-refractivity contribution in [3.05, 3.63) is 91.9 Å². The van der Waals surface area contributed by atoms with Crippen LogP contribution in [0, 0.1) is 3.57 Å². The smallest absolute Gasteiger partial charge is 0.128 e. The molecule has 7 heteroatoms. The number of halogens is 2. The maximum Gasteiger partial charge on any atom is 0.128 e. The van der Waals surface area contributed by atoms with Crippen molar-refractivity contribution >= 4 is 50.9 Å². The zero-order valence-electron chi connectivity index (χ0n) is 20.4. The highest BCUT2D eigenvalue weighted by Gasteiger charge is 2.29. The summed E-state index contributed by atoms with van der Waals surface area (Å²) in [5.41, 5.74) is 9.52. The summed E-state index contributed by atoms with van der Waals surface area (Å²) in [6, 6.07) is 17.1. The lowest BCUT2D eigenvalue weighted by Crippen LogP contribution is -2.30. The summed E-state index contributed by atoms with van der Waals surface area (Å²) in [4.78, 5) is 10.4. The van der Waals surface area contributed by atoms with Crippen molar-refractivity contribution < 1.29 is 0 Å². The third-order valence-corrected chi connectivity index (χ3v) is 8.13. The molecule has 36 heavy (non-hydrogen) atoms. The van der Waals surface area contributed by atoms with Crippen molar-refractivity contribution in [3.8, 4) is 16.9 Å². The van der Waals surface area contributed by atoms with Gasteiger partial charge in [0.15, 0.2) is 0 Å². The summed E-state index contributed by atoms with van der Waals surface area (Å²) >= 11 is 8.88. The molecule has 0 saturated carbocycles. The van der Waals surface area contributed by atoms with E-state index in [1.807, 2.05) is 18.5 Å². The van der Waals surface area contributed by atoms with Crippen LogP contribution < -0.4 is 4.90 Å². The first-order valence-electron chi connectivity index (χ1n) is 12.4. The molecule has 0 aliphatic carbocycles. The number of hydrogen-bond acceptors (Lipinski definition) is 3. The van der Waals surface area contributed by atoms with Crippen LogP contribution in [-0.4, -0.2) is 26.3 Å². The van der Waals surface area contributed by atoms with Crippen LogP contribution >= 0.6 is 34.2 Å². The summed E-state index contributed by atoms with van der Waals surface area (Å²) in [5, 5.41) is 7.14. The molecule has 0 unspecified atom stereocenters. The zero-order chi connectivity index (χ0) is 24.8. The van der Waals surface area contributed by atoms with Crippen LogP contribution in [0.2, 0.25) is 5.02 Å². The quantitative estimate of drug-likeness (QED) is 0.212. The van der Waals surface area contributed by atoms with E-state index in [-0.39, 0.29) is 0 Å². The number of pyridine rings is 1. The Kier molecular flexibility index (Phi) is 6.25. The van der Waals surface area contributed by atoms with Gasteiger partial charge in [-0.05, 0) is 70.8 Å². The van der Waals surface area contributed by atoms with Crippen molar-refractivity contribution in [1.82, 2.24) is 19.7 Å². The first kappa shape index (κ1) is 23.6. The molecule has 1 aliphatic rings. The van der Waals surface area contributed by atoms with Crippen molar-refractivity contribution in [2.75, 3.05) is 11.4 Å². The maximum absolute atomic E-state index is 6.57. The SMILES string of the molecule is CCc1cccc(CC)c1-n1nc2c(c1-c1ccc(Cl)c3[nH]ccc13)CN(c1ccc(I)cn1)CC2. The lowest BCUT2D eigenvalue weighted by atomic mass is 9.97. The molecule has 0 radical (unpaired) electrons. The molecule has 0 saturated heterocycles. The van der Waals surface area contributed by atoms with Crippen molar-refractivity contribution in [3.63, 3.8) is 0 Å². The fourth-order valence-electron chi connectivity index (χ4n) is 5.38. The van der Waals surface area contributed by atoms with Gasteiger partial charge in [0, 0.05) is 52.0 Å². The van der Waals surface area contributed by atoms with Gasteiger partial charge in [-0.25, -0.2) is 9.67 Å². The number of fused-ring (bicyclic) bond motifs is 2. The number of aromatic amines is 1. The van der Waals surface area contributed by atoms with Crippen LogP contribution in [0.3, 0.4) is 0 Å². The lowest BCUT2D eigenvalue weighted by Gasteiger charge is -2.28. The molecule has 1 N–H and O–H groups in total. The Labute approximate surface area is 229 Å². The molecule has 6 rings (SSSR count). The van der Waals surface area contributed by atoms with Crippen molar-refractivity contribution in [2.45, 2.75) is 39.7 Å². The molecule has 5 nitrogen and oxygen atoms in total. The van der Waals surface area contributed by atoms with E-state index in [1.54, 1.807) is 0 Å². The van der Waals surface area contributed by atoms with Gasteiger partial charge in [0.25, 0.3) is 0 Å². The minimum Gasteiger partial charge on any atom is -0.360 e. The van der Waals surface area contributed by atoms with Crippen LogP contribution in [0.4, 0.5) is 5.82 Å². The van der Waals surface area contributed by atoms with Gasteiger partial charge >= 0.3 is 0 Å². The van der Waals surface area contributed by atoms with Crippen LogP contribution in [0.25, 0.3) is 27.8 Å². The number of aryl methyl sites for hydroxylation is 2. The number of anilines is 1. The number of para-hydroxylation sites is 1. The van der Waals surface area contributed by atoms with Gasteiger partial charge < -0.3 is 9.88 Å². The second-order valence-electron chi connectivity index (χ2n) is 9.19. The second-order valence-corrected chi connectivity index (χ2v) is 10.8. The fraction of sp³-hybridized carbons (Fsp3) is 0.241. The highest BCUT2D eigenvalue weighted by Crippen LogP contribution is 2.40. The standard InChI is InChI=1S/C29H27ClIN5/c1-3-18-6-5-7-19(4-2)28(18)36-29(22-9-10-24(30)27-21(22)12-14-32-27)23-17-35(15-13-25(23)34-36)26-11-8-20(31)16-33-26/h5-12,14,16,32H,3-4,13,15,17H2,1-2H3. The Morgan fingerprint density at radius 2 is 1.83 bits per heavy atom. The summed E-state index contributed by atoms with van der Waals surface area (Å²) < 4.78 is 3.37. The first-order chi connectivity index (χ1) is 17.6. The molecule has 3 aromatic heterocycles. The van der Waals surface area contributed by atoms with E-state index in [9.17, 15) is 0 Å². The molecule has 0 amide bonds. The van der Waals surface area contributed by atoms with Crippen LogP contribution in [0.5, 0.6) is 0 Å². The average molecular weight is 608 g/mol. The van der Waals surface area contributed by atoms with Crippen molar-refractivity contribution in [2.24, 2.45) is 0 Å². The van der Waals surface area contributed by atoms with Crippen LogP contribution in [-0.2, 0) is 25.8 Å². The first-order valence-corrected chi connectivity index (χ1v) is 13.9. The number of rotatable bonds is 5. The molecule has 0 bridgehead atoms. The van der Waals surface area contributed by atoms with Gasteiger partial charge in [-0.1, -0.05) is 49.7 Å². The molecular weight excluding hydrogens is 581 g/mol. The molecule has 0 fully saturated rings. The van der Waals surface area contributed by atoms with E-state index in [0.29, 0.717) is 0 Å². The predicted octanol–water partition coefficient (Wildman–Crippen LogP) is 7.36. The summed E-state index contributed by atoms with van der Waals surface area (Å²) in [7, 11) is 0. The number of aromatic nitrogens is 4. The predicted molar refractivity (Wildman–Crippen MR) is 156 cm³/mol. The maximum atomic E-state index is 6.57. The molecular formula is C29H27ClIN5. The van der Waals surface area contributed by atoms with Crippen LogP contribution in [0.15, 0.2) is 60.9 Å². The molecule has 182 valence electrons. The van der Waals surface area contributed by atoms with Gasteiger partial charge in [0.2, 0.25) is 0 Å². The monoisotopic (exact) mass is 607 g/mol. The number of hydrogen-bond donors (Lipinski definition) is 1. The topological polar surface area (TPSA) is 49.7 Å². The molecule has 2 aromatic carbocycles. The minimum absolute atomic E-state index is 0.728. The Morgan fingerprint density at radius 3 is 2.56 bits per heavy atom. The molecule has 5 aromatic rings. The fourth-order valence-corrected chi connectivity index (χ4v) is 5.92. The van der Waals surface area contributed by atoms with Gasteiger partial charge in [0.1, 0.15) is 5.82 Å². The van der Waals surface area contributed by atoms with Gasteiger partial charge in [0.05, 0.1) is 27.6 Å². The van der Waals surface area contributed by atoms with Crippen molar-refractivity contribution in [1.29, 1.82) is 0 Å². The van der Waals surface area contributed by atoms with E-state index >= 15 is 0 Å². The van der Waals surface area contributed by atoms with Gasteiger partial charge in [-0.15, -0.1) is 0 Å². The van der Waals surface area contributed by atoms with E-state index in [1.165, 1.54) is 28.1 Å². The Morgan fingerprint density at radius 1 is 1.03 bits per heavy atom. The molecule has 0 atom stereocenters. The van der Waals surface area contributed by atoms with E-state index < -0.39 is 0 Å². The third kappa shape index (κ3) is 3.91. The van der Waals surface area contributed by atoms with Gasteiger partial charge in [-0.3, -0.25) is 0 Å². The Hall–Kier alpha value is -2.84. The van der Waals surface area contributed by atoms with Gasteiger partial charge in [-0.2, -0.15) is 5.10 Å². The second kappa shape index (κ2) is 9.56. The minimum atomic E-state index is 0.728. The highest BCUT2D eigenvalue weighted by molar-refractivity contribution is 14.1. The highest BCUT2D eigenvalue weighted by atomic mass is 127. The number of nitrogens with zero attached hydrogens (tertiary/aromatic N) is 4. The molecule has 4 heterocycles. The zero-order valence-corrected chi connectivity index (χ0v) is 23.3. The average Bonchev–Trinajstić information content (AvgIpc) is 3.54. The third-order valence-electron chi connectivity index (χ3n) is 7.17. The lowest BCUT2D eigenvalue weighted by molar-refractivity contribution is 0.705. The normalized spacial score (nSPS) is 13.4. The summed E-state index contributed by atoms with van der Waals surface area (Å²) in [5.74, 6) is 1.01. The summed E-state index contributed by atoms with van der Waals surface area (Å²) in [6.45, 7) is 6.10. The Balaban J connectivity index is 1.61. The number of benzene rings is 2. The van der Waals surface area contributed by atoms with E-state index in [4.69, 9.17) is 21.7 Å². The summed E-state index contributed by atoms with van der Waals surface area (Å²) in [6.07, 6.45) is 6.68. The molecule has 0 spiro atoms.